The Morgan fingerprint density at radius 3 is 2.43 bits per heavy atom. The van der Waals surface area contributed by atoms with E-state index in [1.54, 1.807) is 0 Å². The average molecular weight is 405 g/mol. The predicted octanol–water partition coefficient (Wildman–Crippen LogP) is 1.00. The summed E-state index contributed by atoms with van der Waals surface area (Å²) in [6.45, 7) is 4.42. The van der Waals surface area contributed by atoms with Gasteiger partial charge in [0.2, 0.25) is 0 Å². The largest absolute Gasteiger partial charge is 0.332 e. The van der Waals surface area contributed by atoms with Crippen LogP contribution in [0.2, 0.25) is 0 Å². The zero-order chi connectivity index (χ0) is 20.6. The van der Waals surface area contributed by atoms with Crippen LogP contribution in [-0.4, -0.2) is 68.3 Å². The van der Waals surface area contributed by atoms with E-state index in [0.717, 1.165) is 4.90 Å². The van der Waals surface area contributed by atoms with Crippen molar-refractivity contribution in [3.05, 3.63) is 29.3 Å². The van der Waals surface area contributed by atoms with Crippen molar-refractivity contribution in [2.75, 3.05) is 31.2 Å². The van der Waals surface area contributed by atoms with Gasteiger partial charge in [0.1, 0.15) is 0 Å². The second-order valence-corrected chi connectivity index (χ2v) is 9.02. The van der Waals surface area contributed by atoms with Crippen LogP contribution in [0.3, 0.4) is 0 Å². The third-order valence-electron chi connectivity index (χ3n) is 5.63. The highest BCUT2D eigenvalue weighted by atomic mass is 32.2. The van der Waals surface area contributed by atoms with Crippen LogP contribution < -0.4 is 5.32 Å². The van der Waals surface area contributed by atoms with Crippen LogP contribution in [0.5, 0.6) is 0 Å². The van der Waals surface area contributed by atoms with Gasteiger partial charge in [-0.25, -0.2) is 0 Å². The van der Waals surface area contributed by atoms with Gasteiger partial charge in [-0.15, -0.1) is 0 Å². The zero-order valence-electron chi connectivity index (χ0n) is 16.1. The van der Waals surface area contributed by atoms with Crippen LogP contribution in [0.4, 0.5) is 5.69 Å². The lowest BCUT2D eigenvalue weighted by Gasteiger charge is -2.40. The molecule has 3 rings (SSSR count). The van der Waals surface area contributed by atoms with Gasteiger partial charge in [-0.1, -0.05) is 13.8 Å². The molecule has 1 fully saturated rings. The normalized spacial score (nSPS) is 20.9. The molecular weight excluding hydrogens is 382 g/mol. The van der Waals surface area contributed by atoms with Gasteiger partial charge in [-0.05, 0) is 31.0 Å². The van der Waals surface area contributed by atoms with E-state index in [4.69, 9.17) is 0 Å². The maximum atomic E-state index is 12.6. The highest BCUT2D eigenvalue weighted by molar-refractivity contribution is 7.86. The molecule has 1 aromatic rings. The van der Waals surface area contributed by atoms with Crippen LogP contribution in [0.25, 0.3) is 0 Å². The van der Waals surface area contributed by atoms with Crippen LogP contribution >= 0.6 is 0 Å². The van der Waals surface area contributed by atoms with E-state index >= 15 is 0 Å². The predicted molar refractivity (Wildman–Crippen MR) is 104 cm³/mol. The molecule has 2 aliphatic rings. The Labute approximate surface area is 165 Å². The zero-order valence-corrected chi connectivity index (χ0v) is 16.9. The molecule has 0 saturated carbocycles. The van der Waals surface area contributed by atoms with Crippen molar-refractivity contribution in [3.63, 3.8) is 0 Å². The fraction of sp³-hybridized carbons (Fsp3) is 0.474. The molecule has 1 atom stereocenters. The van der Waals surface area contributed by atoms with Crippen molar-refractivity contribution in [2.45, 2.75) is 31.4 Å². The number of hydrogen-bond acceptors (Lipinski definition) is 5. The molecule has 28 heavy (non-hydrogen) atoms. The fourth-order valence-corrected chi connectivity index (χ4v) is 5.41. The Bertz CT molecular complexity index is 894. The molecule has 0 radical (unpaired) electrons. The number of nitrogens with one attached hydrogen (secondary N) is 1. The molecule has 0 aromatic heterocycles. The molecule has 0 spiro atoms. The summed E-state index contributed by atoms with van der Waals surface area (Å²) in [5.41, 5.74) is 0.736. The summed E-state index contributed by atoms with van der Waals surface area (Å²) >= 11 is 0. The van der Waals surface area contributed by atoms with Crippen molar-refractivity contribution in [3.8, 4) is 0 Å². The molecule has 150 valence electrons. The summed E-state index contributed by atoms with van der Waals surface area (Å²) in [5.74, 6) is -2.01. The minimum atomic E-state index is -1.04. The monoisotopic (exact) mass is 405 g/mol. The summed E-state index contributed by atoms with van der Waals surface area (Å²) in [7, 11) is 0.354. The fourth-order valence-electron chi connectivity index (χ4n) is 3.64. The summed E-state index contributed by atoms with van der Waals surface area (Å²) < 4.78 is 11.9. The van der Waals surface area contributed by atoms with Gasteiger partial charge in [0.05, 0.1) is 15.9 Å². The number of nitrogens with zero attached hydrogens (tertiary/aromatic N) is 2. The van der Waals surface area contributed by atoms with Gasteiger partial charge in [-0.2, -0.15) is 0 Å². The van der Waals surface area contributed by atoms with Crippen LogP contribution in [0.15, 0.2) is 18.2 Å². The summed E-state index contributed by atoms with van der Waals surface area (Å²) in [4.78, 5) is 51.5. The number of benzene rings is 1. The van der Waals surface area contributed by atoms with Crippen molar-refractivity contribution in [1.29, 1.82) is 0 Å². The van der Waals surface area contributed by atoms with Crippen LogP contribution in [0.1, 0.15) is 47.4 Å². The molecular formula is C19H23N3O5S. The Kier molecular flexibility index (Phi) is 5.38. The van der Waals surface area contributed by atoms with E-state index in [1.165, 1.54) is 30.1 Å². The second kappa shape index (κ2) is 7.46. The quantitative estimate of drug-likeness (QED) is 0.597. The maximum absolute atomic E-state index is 12.6. The number of imide groups is 1. The lowest BCUT2D eigenvalue weighted by molar-refractivity contribution is -0.143. The van der Waals surface area contributed by atoms with Gasteiger partial charge in [0.25, 0.3) is 11.8 Å². The standard InChI is InChI=1S/C19H23N3O5S/c1-4-19(5-2)11-22(8-9-28(19)27)18(26)15(23)20-12-6-7-13-14(10-12)17(25)21(3)16(13)24/h6-7,10H,4-5,8-9,11H2,1-3H3,(H,20,23). The number of carbonyl (C=O) groups excluding carboxylic acids is 4. The maximum Gasteiger partial charge on any atom is 0.313 e. The van der Waals surface area contributed by atoms with E-state index in [0.29, 0.717) is 18.6 Å². The average Bonchev–Trinajstić information content (AvgIpc) is 2.92. The number of fused-ring (bicyclic) bond motifs is 1. The molecule has 0 aliphatic carbocycles. The van der Waals surface area contributed by atoms with E-state index in [2.05, 4.69) is 5.32 Å². The van der Waals surface area contributed by atoms with E-state index in [1.807, 2.05) is 13.8 Å². The Hall–Kier alpha value is -2.55. The first kappa shape index (κ1) is 20.2. The minimum absolute atomic E-state index is 0.196. The van der Waals surface area contributed by atoms with E-state index in [9.17, 15) is 23.4 Å². The number of hydrogen-bond donors (Lipinski definition) is 1. The molecule has 9 heteroatoms. The van der Waals surface area contributed by atoms with E-state index in [-0.39, 0.29) is 29.9 Å². The first-order valence-corrected chi connectivity index (χ1v) is 10.5. The van der Waals surface area contributed by atoms with Crippen molar-refractivity contribution in [1.82, 2.24) is 9.80 Å². The Morgan fingerprint density at radius 1 is 1.14 bits per heavy atom. The molecule has 1 aromatic carbocycles. The molecule has 1 unspecified atom stereocenters. The van der Waals surface area contributed by atoms with Gasteiger partial charge in [-0.3, -0.25) is 28.3 Å². The first-order chi connectivity index (χ1) is 13.2. The van der Waals surface area contributed by atoms with Gasteiger partial charge in [0, 0.05) is 42.4 Å². The molecule has 2 heterocycles. The van der Waals surface area contributed by atoms with Crippen molar-refractivity contribution in [2.24, 2.45) is 0 Å². The SMILES string of the molecule is CCC1(CC)CN(C(=O)C(=O)Nc2ccc3c(c2)C(=O)N(C)C3=O)CCS1=O. The topological polar surface area (TPSA) is 104 Å². The van der Waals surface area contributed by atoms with Crippen LogP contribution in [0, 0.1) is 0 Å². The number of rotatable bonds is 3. The summed E-state index contributed by atoms with van der Waals surface area (Å²) in [6.07, 6.45) is 1.33. The molecule has 2 aliphatic heterocycles. The highest BCUT2D eigenvalue weighted by Gasteiger charge is 2.41. The number of amides is 4. The van der Waals surface area contributed by atoms with Gasteiger partial charge in [0.15, 0.2) is 0 Å². The second-order valence-electron chi connectivity index (χ2n) is 7.05. The molecule has 0 bridgehead atoms. The lowest BCUT2D eigenvalue weighted by atomic mass is 10.0. The van der Waals surface area contributed by atoms with Gasteiger partial charge >= 0.3 is 11.8 Å². The van der Waals surface area contributed by atoms with E-state index < -0.39 is 39.2 Å². The third-order valence-corrected chi connectivity index (χ3v) is 7.85. The van der Waals surface area contributed by atoms with Crippen LogP contribution in [-0.2, 0) is 20.4 Å². The smallest absolute Gasteiger partial charge is 0.313 e. The lowest BCUT2D eigenvalue weighted by Crippen LogP contribution is -2.56. The van der Waals surface area contributed by atoms with Crippen molar-refractivity contribution < 1.29 is 23.4 Å². The van der Waals surface area contributed by atoms with Gasteiger partial charge < -0.3 is 10.2 Å². The third kappa shape index (κ3) is 3.23. The first-order valence-electron chi connectivity index (χ1n) is 9.19. The minimum Gasteiger partial charge on any atom is -0.332 e. The Balaban J connectivity index is 1.74. The molecule has 8 nitrogen and oxygen atoms in total. The molecule has 1 saturated heterocycles. The highest BCUT2D eigenvalue weighted by Crippen LogP contribution is 2.29. The number of anilines is 1. The summed E-state index contributed by atoms with van der Waals surface area (Å²) in [5, 5.41) is 2.51. The summed E-state index contributed by atoms with van der Waals surface area (Å²) in [6, 6.07) is 4.35. The van der Waals surface area contributed by atoms with Crippen molar-refractivity contribution >= 4 is 40.1 Å². The molecule has 4 amide bonds. The number of carbonyl (C=O) groups is 4. The molecule has 1 N–H and O–H groups in total. The Morgan fingerprint density at radius 2 is 1.79 bits per heavy atom.